The van der Waals surface area contributed by atoms with Crippen LogP contribution in [0.15, 0.2) is 24.3 Å². The molecule has 0 aliphatic carbocycles. The summed E-state index contributed by atoms with van der Waals surface area (Å²) < 4.78 is 4.35. The lowest BCUT2D eigenvalue weighted by atomic mass is 10.1. The van der Waals surface area contributed by atoms with Crippen LogP contribution in [0, 0.1) is 0 Å². The van der Waals surface area contributed by atoms with E-state index in [9.17, 15) is 4.79 Å². The highest BCUT2D eigenvalue weighted by molar-refractivity contribution is 7.09. The second-order valence-corrected chi connectivity index (χ2v) is 7.68. The highest BCUT2D eigenvalue weighted by Crippen LogP contribution is 2.22. The van der Waals surface area contributed by atoms with Gasteiger partial charge in [-0.3, -0.25) is 4.79 Å². The van der Waals surface area contributed by atoms with E-state index in [0.29, 0.717) is 12.3 Å². The molecular weight excluding hydrogens is 346 g/mol. The fourth-order valence-corrected chi connectivity index (χ4v) is 3.68. The average molecular weight is 374 g/mol. The molecule has 3 rings (SSSR count). The second-order valence-electron chi connectivity index (χ2n) is 6.93. The van der Waals surface area contributed by atoms with Crippen LogP contribution >= 0.6 is 11.5 Å². The Morgan fingerprint density at radius 2 is 1.88 bits per heavy atom. The third-order valence-corrected chi connectivity index (χ3v) is 5.34. The van der Waals surface area contributed by atoms with Gasteiger partial charge in [0.1, 0.15) is 5.82 Å². The van der Waals surface area contributed by atoms with E-state index in [-0.39, 0.29) is 5.91 Å². The van der Waals surface area contributed by atoms with E-state index in [4.69, 9.17) is 0 Å². The van der Waals surface area contributed by atoms with Gasteiger partial charge in [-0.2, -0.15) is 4.37 Å². The Morgan fingerprint density at radius 3 is 2.46 bits per heavy atom. The second kappa shape index (κ2) is 8.60. The van der Waals surface area contributed by atoms with Gasteiger partial charge in [0.2, 0.25) is 11.0 Å². The molecule has 1 aliphatic heterocycles. The molecule has 1 fully saturated rings. The zero-order valence-corrected chi connectivity index (χ0v) is 16.6. The molecular formula is C19H27N5OS. The summed E-state index contributed by atoms with van der Waals surface area (Å²) in [6.45, 7) is 11.0. The number of amides is 1. The fraction of sp³-hybridized carbons (Fsp3) is 0.526. The van der Waals surface area contributed by atoms with Gasteiger partial charge in [0, 0.05) is 49.3 Å². The molecule has 0 spiro atoms. The van der Waals surface area contributed by atoms with Crippen LogP contribution < -0.4 is 5.32 Å². The lowest BCUT2D eigenvalue weighted by molar-refractivity contribution is -0.132. The van der Waals surface area contributed by atoms with Crippen LogP contribution in [0.1, 0.15) is 38.1 Å². The minimum Gasteiger partial charge on any atom is -0.340 e. The summed E-state index contributed by atoms with van der Waals surface area (Å²) in [7, 11) is 0. The number of nitrogens with one attached hydrogen (secondary N) is 1. The van der Waals surface area contributed by atoms with E-state index in [1.807, 2.05) is 29.2 Å². The maximum absolute atomic E-state index is 12.5. The zero-order valence-electron chi connectivity index (χ0n) is 15.7. The lowest BCUT2D eigenvalue weighted by Crippen LogP contribution is -2.48. The molecule has 0 atom stereocenters. The first-order valence-corrected chi connectivity index (χ1v) is 10.0. The van der Waals surface area contributed by atoms with E-state index in [1.165, 1.54) is 11.5 Å². The largest absolute Gasteiger partial charge is 0.340 e. The topological polar surface area (TPSA) is 61.4 Å². The first-order chi connectivity index (χ1) is 12.5. The van der Waals surface area contributed by atoms with Crippen LogP contribution in [0.3, 0.4) is 0 Å². The van der Waals surface area contributed by atoms with E-state index in [1.54, 1.807) is 0 Å². The first-order valence-electron chi connectivity index (χ1n) is 9.25. The van der Waals surface area contributed by atoms with Crippen LogP contribution in [0.2, 0.25) is 0 Å². The van der Waals surface area contributed by atoms with E-state index < -0.39 is 0 Å². The maximum atomic E-state index is 12.5. The van der Waals surface area contributed by atoms with Gasteiger partial charge in [0.05, 0.1) is 6.42 Å². The Morgan fingerprint density at radius 1 is 1.19 bits per heavy atom. The summed E-state index contributed by atoms with van der Waals surface area (Å²) in [5.41, 5.74) is 2.00. The van der Waals surface area contributed by atoms with Crippen LogP contribution in [0.25, 0.3) is 0 Å². The number of likely N-dealkylation sites (N-methyl/N-ethyl adjacent to an activating group) is 1. The number of anilines is 2. The van der Waals surface area contributed by atoms with Crippen molar-refractivity contribution >= 4 is 28.3 Å². The van der Waals surface area contributed by atoms with E-state index >= 15 is 0 Å². The molecule has 1 saturated heterocycles. The molecule has 0 bridgehead atoms. The third kappa shape index (κ3) is 4.80. The van der Waals surface area contributed by atoms with Crippen LogP contribution in [0.5, 0.6) is 0 Å². The third-order valence-electron chi connectivity index (χ3n) is 4.69. The maximum Gasteiger partial charge on any atom is 0.227 e. The molecule has 1 aliphatic rings. The van der Waals surface area contributed by atoms with Crippen LogP contribution in [-0.2, 0) is 11.2 Å². The highest BCUT2D eigenvalue weighted by Gasteiger charge is 2.20. The van der Waals surface area contributed by atoms with Crippen LogP contribution in [0.4, 0.5) is 10.8 Å². The Hall–Kier alpha value is -1.99. The van der Waals surface area contributed by atoms with Crippen molar-refractivity contribution in [2.24, 2.45) is 0 Å². The molecule has 0 saturated carbocycles. The van der Waals surface area contributed by atoms with Gasteiger partial charge >= 0.3 is 0 Å². The minimum absolute atomic E-state index is 0.215. The van der Waals surface area contributed by atoms with Gasteiger partial charge in [-0.05, 0) is 24.2 Å². The van der Waals surface area contributed by atoms with Crippen molar-refractivity contribution in [1.82, 2.24) is 19.2 Å². The number of hydrogen-bond acceptors (Lipinski definition) is 6. The monoisotopic (exact) mass is 373 g/mol. The summed E-state index contributed by atoms with van der Waals surface area (Å²) in [4.78, 5) is 21.3. The van der Waals surface area contributed by atoms with Gasteiger partial charge in [0.15, 0.2) is 0 Å². The van der Waals surface area contributed by atoms with Crippen molar-refractivity contribution in [3.05, 3.63) is 35.7 Å². The molecule has 0 unspecified atom stereocenters. The summed E-state index contributed by atoms with van der Waals surface area (Å²) in [5, 5.41) is 4.08. The summed E-state index contributed by atoms with van der Waals surface area (Å²) >= 11 is 1.37. The minimum atomic E-state index is 0.215. The SMILES string of the molecule is CCN1CCN(C(=O)Cc2ccc(Nc3nc(C(C)C)ns3)cc2)CC1. The molecule has 0 radical (unpaired) electrons. The number of carbonyl (C=O) groups excluding carboxylic acids is 1. The lowest BCUT2D eigenvalue weighted by Gasteiger charge is -2.34. The van der Waals surface area contributed by atoms with Gasteiger partial charge in [-0.25, -0.2) is 4.98 Å². The van der Waals surface area contributed by atoms with Crippen molar-refractivity contribution in [2.45, 2.75) is 33.1 Å². The number of piperazine rings is 1. The fourth-order valence-electron chi connectivity index (χ4n) is 2.95. The number of rotatable bonds is 6. The molecule has 7 heteroatoms. The number of benzene rings is 1. The van der Waals surface area contributed by atoms with E-state index in [0.717, 1.165) is 54.9 Å². The Balaban J connectivity index is 1.53. The highest BCUT2D eigenvalue weighted by atomic mass is 32.1. The van der Waals surface area contributed by atoms with Gasteiger partial charge < -0.3 is 15.1 Å². The van der Waals surface area contributed by atoms with Crippen molar-refractivity contribution in [2.75, 3.05) is 38.0 Å². The smallest absolute Gasteiger partial charge is 0.227 e. The number of nitrogens with zero attached hydrogens (tertiary/aromatic N) is 4. The standard InChI is InChI=1S/C19H27N5OS/c1-4-23-9-11-24(12-10-23)17(25)13-15-5-7-16(8-6-15)20-19-21-18(14(2)3)22-26-19/h5-8,14H,4,9-13H2,1-3H3,(H,20,21,22). The molecule has 1 N–H and O–H groups in total. The molecule has 1 amide bonds. The van der Waals surface area contributed by atoms with Gasteiger partial charge in [-0.1, -0.05) is 32.9 Å². The van der Waals surface area contributed by atoms with Crippen LogP contribution in [-0.4, -0.2) is 57.8 Å². The van der Waals surface area contributed by atoms with Crippen molar-refractivity contribution in [3.8, 4) is 0 Å². The zero-order chi connectivity index (χ0) is 18.5. The Kier molecular flexibility index (Phi) is 6.21. The molecule has 1 aromatic carbocycles. The van der Waals surface area contributed by atoms with Gasteiger partial charge in [0.25, 0.3) is 0 Å². The normalized spacial score (nSPS) is 15.5. The predicted octanol–water partition coefficient (Wildman–Crippen LogP) is 3.11. The average Bonchev–Trinajstić information content (AvgIpc) is 3.12. The van der Waals surface area contributed by atoms with E-state index in [2.05, 4.69) is 40.3 Å². The molecule has 1 aromatic heterocycles. The number of hydrogen-bond donors (Lipinski definition) is 1. The summed E-state index contributed by atoms with van der Waals surface area (Å²) in [5.74, 6) is 1.41. The summed E-state index contributed by atoms with van der Waals surface area (Å²) in [6, 6.07) is 8.00. The Labute approximate surface area is 159 Å². The number of carbonyl (C=O) groups is 1. The molecule has 6 nitrogen and oxygen atoms in total. The molecule has 2 heterocycles. The van der Waals surface area contributed by atoms with Crippen molar-refractivity contribution < 1.29 is 4.79 Å². The number of aromatic nitrogens is 2. The molecule has 26 heavy (non-hydrogen) atoms. The predicted molar refractivity (Wildman–Crippen MR) is 106 cm³/mol. The molecule has 2 aromatic rings. The van der Waals surface area contributed by atoms with Crippen molar-refractivity contribution in [3.63, 3.8) is 0 Å². The first kappa shape index (κ1) is 18.8. The van der Waals surface area contributed by atoms with Gasteiger partial charge in [-0.15, -0.1) is 0 Å². The Bertz CT molecular complexity index is 720. The summed E-state index contributed by atoms with van der Waals surface area (Å²) in [6.07, 6.45) is 0.461. The molecule has 140 valence electrons. The van der Waals surface area contributed by atoms with Crippen molar-refractivity contribution in [1.29, 1.82) is 0 Å². The quantitative estimate of drug-likeness (QED) is 0.843.